The summed E-state index contributed by atoms with van der Waals surface area (Å²) in [5.74, 6) is 0.576. The highest BCUT2D eigenvalue weighted by molar-refractivity contribution is 5.47. The van der Waals surface area contributed by atoms with Crippen molar-refractivity contribution >= 4 is 0 Å². The third-order valence-corrected chi connectivity index (χ3v) is 4.17. The molecule has 1 atom stereocenters. The molecule has 0 spiro atoms. The predicted molar refractivity (Wildman–Crippen MR) is 87.3 cm³/mol. The quantitative estimate of drug-likeness (QED) is 0.827. The van der Waals surface area contributed by atoms with E-state index in [1.807, 2.05) is 13.8 Å². The molecule has 0 bridgehead atoms. The molecular weight excluding hydrogens is 317 g/mol. The molecule has 0 saturated carbocycles. The van der Waals surface area contributed by atoms with Crippen LogP contribution in [0.15, 0.2) is 36.4 Å². The average molecular weight is 338 g/mol. The van der Waals surface area contributed by atoms with Crippen molar-refractivity contribution in [3.8, 4) is 5.75 Å². The van der Waals surface area contributed by atoms with Crippen LogP contribution in [-0.4, -0.2) is 12.2 Å². The Kier molecular flexibility index (Phi) is 5.23. The second-order valence-electron chi connectivity index (χ2n) is 6.07. The van der Waals surface area contributed by atoms with Crippen molar-refractivity contribution in [1.29, 1.82) is 0 Å². The van der Waals surface area contributed by atoms with Crippen LogP contribution in [0.1, 0.15) is 53.7 Å². The van der Waals surface area contributed by atoms with E-state index in [9.17, 15) is 18.3 Å². The maximum absolute atomic E-state index is 13.1. The van der Waals surface area contributed by atoms with Gasteiger partial charge in [0, 0.05) is 0 Å². The number of rotatable bonds is 4. The average Bonchev–Trinajstić information content (AvgIpc) is 2.53. The molecule has 0 heterocycles. The molecule has 0 aliphatic rings. The summed E-state index contributed by atoms with van der Waals surface area (Å²) in [7, 11) is 1.52. The lowest BCUT2D eigenvalue weighted by Crippen LogP contribution is -2.11. The van der Waals surface area contributed by atoms with Crippen LogP contribution in [0.5, 0.6) is 5.75 Å². The summed E-state index contributed by atoms with van der Waals surface area (Å²) in [6.07, 6.45) is -5.60. The number of hydrogen-bond acceptors (Lipinski definition) is 2. The Hall–Kier alpha value is -2.01. The second-order valence-corrected chi connectivity index (χ2v) is 6.07. The molecule has 2 aromatic rings. The molecule has 0 aromatic heterocycles. The van der Waals surface area contributed by atoms with Gasteiger partial charge < -0.3 is 9.84 Å². The van der Waals surface area contributed by atoms with E-state index in [2.05, 4.69) is 0 Å². The number of aliphatic hydroxyl groups is 1. The van der Waals surface area contributed by atoms with Gasteiger partial charge in [0.15, 0.2) is 0 Å². The molecule has 0 saturated heterocycles. The van der Waals surface area contributed by atoms with Crippen LogP contribution >= 0.6 is 0 Å². The second kappa shape index (κ2) is 6.85. The molecule has 0 amide bonds. The third kappa shape index (κ3) is 3.56. The number of hydrogen-bond donors (Lipinski definition) is 1. The van der Waals surface area contributed by atoms with Gasteiger partial charge in [-0.15, -0.1) is 0 Å². The Labute approximate surface area is 139 Å². The lowest BCUT2D eigenvalue weighted by Gasteiger charge is -2.22. The van der Waals surface area contributed by atoms with E-state index in [1.54, 1.807) is 25.1 Å². The van der Waals surface area contributed by atoms with E-state index in [4.69, 9.17) is 4.74 Å². The van der Waals surface area contributed by atoms with Crippen molar-refractivity contribution in [2.24, 2.45) is 0 Å². The number of methoxy groups -OCH3 is 1. The predicted octanol–water partition coefficient (Wildman–Crippen LogP) is 5.23. The monoisotopic (exact) mass is 338 g/mol. The van der Waals surface area contributed by atoms with Crippen molar-refractivity contribution in [3.05, 3.63) is 64.2 Å². The van der Waals surface area contributed by atoms with E-state index in [0.29, 0.717) is 22.4 Å². The first-order chi connectivity index (χ1) is 11.2. The van der Waals surface area contributed by atoms with Gasteiger partial charge in [0.05, 0.1) is 12.7 Å². The molecule has 2 aromatic carbocycles. The molecule has 2 nitrogen and oxygen atoms in total. The first-order valence-electron chi connectivity index (χ1n) is 7.69. The molecule has 5 heteroatoms. The molecule has 2 rings (SSSR count). The molecule has 24 heavy (non-hydrogen) atoms. The summed E-state index contributed by atoms with van der Waals surface area (Å²) in [4.78, 5) is 0. The maximum Gasteiger partial charge on any atom is 0.416 e. The minimum atomic E-state index is -4.45. The van der Waals surface area contributed by atoms with E-state index in [1.165, 1.54) is 13.2 Å². The molecule has 0 aliphatic carbocycles. The normalized spacial score (nSPS) is 13.2. The number of ether oxygens (including phenoxy) is 1. The van der Waals surface area contributed by atoms with Crippen LogP contribution in [-0.2, 0) is 6.18 Å². The van der Waals surface area contributed by atoms with Gasteiger partial charge in [0.1, 0.15) is 11.9 Å². The van der Waals surface area contributed by atoms with Gasteiger partial charge in [-0.25, -0.2) is 0 Å². The Morgan fingerprint density at radius 1 is 1.00 bits per heavy atom. The standard InChI is InChI=1S/C19H21F3O2/c1-11(2)14-9-8-13(19(20,21)22)10-16(14)18(23)15-6-5-7-17(24-4)12(15)3/h5-11,18,23H,1-4H3. The first-order valence-corrected chi connectivity index (χ1v) is 7.69. The number of benzene rings is 2. The zero-order chi connectivity index (χ0) is 18.1. The maximum atomic E-state index is 13.1. The highest BCUT2D eigenvalue weighted by Gasteiger charge is 2.32. The third-order valence-electron chi connectivity index (χ3n) is 4.17. The van der Waals surface area contributed by atoms with Crippen LogP contribution in [0.25, 0.3) is 0 Å². The Balaban J connectivity index is 2.61. The fourth-order valence-corrected chi connectivity index (χ4v) is 2.83. The largest absolute Gasteiger partial charge is 0.496 e. The van der Waals surface area contributed by atoms with E-state index < -0.39 is 17.8 Å². The zero-order valence-corrected chi connectivity index (χ0v) is 14.1. The summed E-state index contributed by atoms with van der Waals surface area (Å²) >= 11 is 0. The van der Waals surface area contributed by atoms with Crippen LogP contribution < -0.4 is 4.74 Å². The Morgan fingerprint density at radius 2 is 1.67 bits per heavy atom. The van der Waals surface area contributed by atoms with Crippen molar-refractivity contribution in [2.45, 2.75) is 39.0 Å². The minimum Gasteiger partial charge on any atom is -0.496 e. The molecule has 1 unspecified atom stereocenters. The van der Waals surface area contributed by atoms with Crippen LogP contribution in [0.4, 0.5) is 13.2 Å². The summed E-state index contributed by atoms with van der Waals surface area (Å²) in [6, 6.07) is 8.71. The van der Waals surface area contributed by atoms with Gasteiger partial charge in [-0.2, -0.15) is 13.2 Å². The topological polar surface area (TPSA) is 29.5 Å². The number of halogens is 3. The van der Waals surface area contributed by atoms with Crippen molar-refractivity contribution in [3.63, 3.8) is 0 Å². The minimum absolute atomic E-state index is 0.0113. The fraction of sp³-hybridized carbons (Fsp3) is 0.368. The number of aliphatic hydroxyl groups excluding tert-OH is 1. The molecule has 130 valence electrons. The summed E-state index contributed by atoms with van der Waals surface area (Å²) in [5.41, 5.74) is 1.45. The van der Waals surface area contributed by atoms with E-state index >= 15 is 0 Å². The molecule has 0 radical (unpaired) electrons. The Bertz CT molecular complexity index is 721. The van der Waals surface area contributed by atoms with Crippen LogP contribution in [0.2, 0.25) is 0 Å². The zero-order valence-electron chi connectivity index (χ0n) is 14.1. The molecule has 1 N–H and O–H groups in total. The molecule has 0 aliphatic heterocycles. The lowest BCUT2D eigenvalue weighted by molar-refractivity contribution is -0.137. The van der Waals surface area contributed by atoms with Crippen LogP contribution in [0, 0.1) is 6.92 Å². The first kappa shape index (κ1) is 18.3. The summed E-state index contributed by atoms with van der Waals surface area (Å²) in [6.45, 7) is 5.55. The molecular formula is C19H21F3O2. The number of alkyl halides is 3. The van der Waals surface area contributed by atoms with Gasteiger partial charge in [0.2, 0.25) is 0 Å². The smallest absolute Gasteiger partial charge is 0.416 e. The summed E-state index contributed by atoms with van der Waals surface area (Å²) < 4.78 is 44.4. The highest BCUT2D eigenvalue weighted by atomic mass is 19.4. The van der Waals surface area contributed by atoms with E-state index in [-0.39, 0.29) is 11.5 Å². The van der Waals surface area contributed by atoms with E-state index in [0.717, 1.165) is 12.1 Å². The van der Waals surface area contributed by atoms with Crippen LogP contribution in [0.3, 0.4) is 0 Å². The van der Waals surface area contributed by atoms with Gasteiger partial charge in [0.25, 0.3) is 0 Å². The van der Waals surface area contributed by atoms with Gasteiger partial charge in [-0.3, -0.25) is 0 Å². The van der Waals surface area contributed by atoms with Crippen molar-refractivity contribution < 1.29 is 23.0 Å². The van der Waals surface area contributed by atoms with Gasteiger partial charge in [-0.05, 0) is 53.3 Å². The Morgan fingerprint density at radius 3 is 2.21 bits per heavy atom. The van der Waals surface area contributed by atoms with Crippen molar-refractivity contribution in [1.82, 2.24) is 0 Å². The van der Waals surface area contributed by atoms with Gasteiger partial charge >= 0.3 is 6.18 Å². The summed E-state index contributed by atoms with van der Waals surface area (Å²) in [5, 5.41) is 10.8. The fourth-order valence-electron chi connectivity index (χ4n) is 2.83. The highest BCUT2D eigenvalue weighted by Crippen LogP contribution is 2.37. The molecule has 0 fully saturated rings. The van der Waals surface area contributed by atoms with Crippen molar-refractivity contribution in [2.75, 3.05) is 7.11 Å². The van der Waals surface area contributed by atoms with Gasteiger partial charge in [-0.1, -0.05) is 32.0 Å². The SMILES string of the molecule is COc1cccc(C(O)c2cc(C(F)(F)F)ccc2C(C)C)c1C. The lowest BCUT2D eigenvalue weighted by atomic mass is 9.88.